The first-order valence-corrected chi connectivity index (χ1v) is 5.72. The summed E-state index contributed by atoms with van der Waals surface area (Å²) in [4.78, 5) is 4.65. The second-order valence-electron chi connectivity index (χ2n) is 4.38. The number of fused-ring (bicyclic) bond motifs is 1. The molecule has 1 aromatic heterocycles. The van der Waals surface area contributed by atoms with Gasteiger partial charge in [0.25, 0.3) is 0 Å². The second-order valence-corrected chi connectivity index (χ2v) is 4.38. The van der Waals surface area contributed by atoms with Crippen LogP contribution in [-0.2, 0) is 6.42 Å². The molecule has 0 radical (unpaired) electrons. The maximum absolute atomic E-state index is 4.65. The standard InChI is InChI=1S/C13H19N/c1-4-10-8-13-12(11(10)5-2)7-6-9(3)14-13/h6-7,10-11H,4-5,8H2,1-3H3. The number of hydrogen-bond donors (Lipinski definition) is 0. The topological polar surface area (TPSA) is 12.9 Å². The molecule has 14 heavy (non-hydrogen) atoms. The lowest BCUT2D eigenvalue weighted by atomic mass is 9.88. The molecular formula is C13H19N. The van der Waals surface area contributed by atoms with Crippen LogP contribution in [0.15, 0.2) is 12.1 Å². The lowest BCUT2D eigenvalue weighted by Gasteiger charge is -2.16. The van der Waals surface area contributed by atoms with Gasteiger partial charge in [-0.15, -0.1) is 0 Å². The van der Waals surface area contributed by atoms with Gasteiger partial charge in [0, 0.05) is 11.4 Å². The van der Waals surface area contributed by atoms with Crippen LogP contribution in [0.2, 0.25) is 0 Å². The third-order valence-electron chi connectivity index (χ3n) is 3.54. The van der Waals surface area contributed by atoms with Gasteiger partial charge >= 0.3 is 0 Å². The molecular weight excluding hydrogens is 170 g/mol. The largest absolute Gasteiger partial charge is 0.258 e. The molecule has 0 saturated carbocycles. The van der Waals surface area contributed by atoms with Crippen molar-refractivity contribution in [1.29, 1.82) is 0 Å². The first-order valence-electron chi connectivity index (χ1n) is 5.72. The molecule has 2 atom stereocenters. The van der Waals surface area contributed by atoms with E-state index in [1.165, 1.54) is 30.5 Å². The van der Waals surface area contributed by atoms with Crippen LogP contribution in [0.4, 0.5) is 0 Å². The van der Waals surface area contributed by atoms with Gasteiger partial charge in [0.1, 0.15) is 0 Å². The van der Waals surface area contributed by atoms with Crippen LogP contribution < -0.4 is 0 Å². The Hall–Kier alpha value is -0.850. The van der Waals surface area contributed by atoms with Crippen molar-refractivity contribution in [3.05, 3.63) is 29.1 Å². The third-order valence-corrected chi connectivity index (χ3v) is 3.54. The van der Waals surface area contributed by atoms with Gasteiger partial charge in [0.05, 0.1) is 0 Å². The van der Waals surface area contributed by atoms with Crippen LogP contribution in [-0.4, -0.2) is 4.98 Å². The minimum atomic E-state index is 0.767. The molecule has 2 rings (SSSR count). The molecule has 1 nitrogen and oxygen atoms in total. The number of aryl methyl sites for hydroxylation is 1. The summed E-state index contributed by atoms with van der Waals surface area (Å²) in [5.74, 6) is 1.60. The maximum atomic E-state index is 4.65. The van der Waals surface area contributed by atoms with E-state index in [0.29, 0.717) is 0 Å². The van der Waals surface area contributed by atoms with E-state index in [2.05, 4.69) is 37.9 Å². The Labute approximate surface area is 86.6 Å². The van der Waals surface area contributed by atoms with E-state index in [9.17, 15) is 0 Å². The Morgan fingerprint density at radius 2 is 2.07 bits per heavy atom. The zero-order chi connectivity index (χ0) is 10.1. The van der Waals surface area contributed by atoms with Crippen molar-refractivity contribution in [3.63, 3.8) is 0 Å². The molecule has 1 heterocycles. The number of hydrogen-bond acceptors (Lipinski definition) is 1. The smallest absolute Gasteiger partial charge is 0.0444 e. The van der Waals surface area contributed by atoms with Crippen molar-refractivity contribution >= 4 is 0 Å². The summed E-state index contributed by atoms with van der Waals surface area (Å²) in [6.45, 7) is 6.68. The lowest BCUT2D eigenvalue weighted by Crippen LogP contribution is -2.04. The molecule has 1 aromatic rings. The molecule has 0 saturated heterocycles. The van der Waals surface area contributed by atoms with E-state index >= 15 is 0 Å². The van der Waals surface area contributed by atoms with E-state index in [1.807, 2.05) is 0 Å². The normalized spacial score (nSPS) is 25.1. The fourth-order valence-corrected chi connectivity index (χ4v) is 2.75. The van der Waals surface area contributed by atoms with Crippen LogP contribution in [0, 0.1) is 12.8 Å². The average molecular weight is 189 g/mol. The highest BCUT2D eigenvalue weighted by molar-refractivity contribution is 5.32. The van der Waals surface area contributed by atoms with Gasteiger partial charge in [0.2, 0.25) is 0 Å². The van der Waals surface area contributed by atoms with Gasteiger partial charge in [-0.25, -0.2) is 0 Å². The number of rotatable bonds is 2. The number of aromatic nitrogens is 1. The van der Waals surface area contributed by atoms with Crippen LogP contribution >= 0.6 is 0 Å². The van der Waals surface area contributed by atoms with Crippen molar-refractivity contribution in [2.24, 2.45) is 5.92 Å². The molecule has 76 valence electrons. The van der Waals surface area contributed by atoms with E-state index in [1.54, 1.807) is 0 Å². The summed E-state index contributed by atoms with van der Waals surface area (Å²) in [5.41, 5.74) is 4.05. The molecule has 0 amide bonds. The third kappa shape index (κ3) is 1.45. The fourth-order valence-electron chi connectivity index (χ4n) is 2.75. The minimum absolute atomic E-state index is 0.767. The second kappa shape index (κ2) is 3.72. The van der Waals surface area contributed by atoms with E-state index < -0.39 is 0 Å². The average Bonchev–Trinajstić information content (AvgIpc) is 2.54. The van der Waals surface area contributed by atoms with Gasteiger partial charge < -0.3 is 0 Å². The summed E-state index contributed by atoms with van der Waals surface area (Å²) in [5, 5.41) is 0. The van der Waals surface area contributed by atoms with E-state index in [0.717, 1.165) is 17.5 Å². The molecule has 0 N–H and O–H groups in total. The van der Waals surface area contributed by atoms with Gasteiger partial charge in [-0.1, -0.05) is 26.3 Å². The van der Waals surface area contributed by atoms with Crippen LogP contribution in [0.3, 0.4) is 0 Å². The lowest BCUT2D eigenvalue weighted by molar-refractivity contribution is 0.432. The number of pyridine rings is 1. The first kappa shape index (κ1) is 9.70. The first-order chi connectivity index (χ1) is 6.76. The zero-order valence-corrected chi connectivity index (χ0v) is 9.38. The highest BCUT2D eigenvalue weighted by atomic mass is 14.7. The van der Waals surface area contributed by atoms with Gasteiger partial charge in [-0.2, -0.15) is 0 Å². The predicted octanol–water partition coefficient (Wildman–Crippen LogP) is 3.47. The fraction of sp³-hybridized carbons (Fsp3) is 0.615. The van der Waals surface area contributed by atoms with E-state index in [-0.39, 0.29) is 0 Å². The highest BCUT2D eigenvalue weighted by Gasteiger charge is 2.30. The maximum Gasteiger partial charge on any atom is 0.0444 e. The summed E-state index contributed by atoms with van der Waals surface area (Å²) >= 11 is 0. The molecule has 0 aromatic carbocycles. The molecule has 1 heteroatoms. The minimum Gasteiger partial charge on any atom is -0.258 e. The van der Waals surface area contributed by atoms with Crippen molar-refractivity contribution < 1.29 is 0 Å². The molecule has 0 spiro atoms. The monoisotopic (exact) mass is 189 g/mol. The summed E-state index contributed by atoms with van der Waals surface area (Å²) in [6.07, 6.45) is 3.75. The van der Waals surface area contributed by atoms with Crippen molar-refractivity contribution in [3.8, 4) is 0 Å². The van der Waals surface area contributed by atoms with Crippen molar-refractivity contribution in [2.45, 2.75) is 46.0 Å². The summed E-state index contributed by atoms with van der Waals surface area (Å²) < 4.78 is 0. The summed E-state index contributed by atoms with van der Waals surface area (Å²) in [7, 11) is 0. The van der Waals surface area contributed by atoms with Gasteiger partial charge in [-0.05, 0) is 43.2 Å². The summed E-state index contributed by atoms with van der Waals surface area (Å²) in [6, 6.07) is 4.45. The molecule has 2 unspecified atom stereocenters. The number of nitrogens with zero attached hydrogens (tertiary/aromatic N) is 1. The Morgan fingerprint density at radius 1 is 1.29 bits per heavy atom. The Morgan fingerprint density at radius 3 is 2.71 bits per heavy atom. The Bertz CT molecular complexity index is 330. The molecule has 1 aliphatic carbocycles. The van der Waals surface area contributed by atoms with Crippen LogP contribution in [0.25, 0.3) is 0 Å². The molecule has 0 fully saturated rings. The van der Waals surface area contributed by atoms with Crippen molar-refractivity contribution in [2.75, 3.05) is 0 Å². The van der Waals surface area contributed by atoms with Gasteiger partial charge in [0.15, 0.2) is 0 Å². The van der Waals surface area contributed by atoms with Gasteiger partial charge in [-0.3, -0.25) is 4.98 Å². The Kier molecular flexibility index (Phi) is 2.58. The molecule has 0 aliphatic heterocycles. The molecule has 1 aliphatic rings. The Balaban J connectivity index is 2.37. The van der Waals surface area contributed by atoms with E-state index in [4.69, 9.17) is 0 Å². The van der Waals surface area contributed by atoms with Crippen LogP contribution in [0.5, 0.6) is 0 Å². The predicted molar refractivity (Wildman–Crippen MR) is 59.5 cm³/mol. The molecule has 0 bridgehead atoms. The van der Waals surface area contributed by atoms with Crippen LogP contribution in [0.1, 0.15) is 49.6 Å². The SMILES string of the molecule is CCC1Cc2nc(C)ccc2C1CC. The van der Waals surface area contributed by atoms with Crippen molar-refractivity contribution in [1.82, 2.24) is 4.98 Å². The highest BCUT2D eigenvalue weighted by Crippen LogP contribution is 2.40. The zero-order valence-electron chi connectivity index (χ0n) is 9.38. The quantitative estimate of drug-likeness (QED) is 0.694.